The molecule has 0 aromatic carbocycles. The molecule has 2 rings (SSSR count). The molecule has 1 saturated carbocycles. The lowest BCUT2D eigenvalue weighted by atomic mass is 9.62. The van der Waals surface area contributed by atoms with Crippen molar-refractivity contribution in [1.29, 1.82) is 0 Å². The molecule has 0 radical (unpaired) electrons. The molecule has 1 aliphatic heterocycles. The lowest BCUT2D eigenvalue weighted by molar-refractivity contribution is 0.0993. The Morgan fingerprint density at radius 3 is 2.79 bits per heavy atom. The number of hydrogen-bond acceptors (Lipinski definition) is 3. The zero-order valence-electron chi connectivity index (χ0n) is 8.66. The monoisotopic (exact) mass is 211 g/mol. The van der Waals surface area contributed by atoms with Gasteiger partial charge in [0.25, 0.3) is 0 Å². The van der Waals surface area contributed by atoms with Crippen molar-refractivity contribution < 1.29 is 4.79 Å². The minimum absolute atomic E-state index is 0.00537. The van der Waals surface area contributed by atoms with Crippen molar-refractivity contribution >= 4 is 17.8 Å². The van der Waals surface area contributed by atoms with Gasteiger partial charge in [0.15, 0.2) is 0 Å². The summed E-state index contributed by atoms with van der Waals surface area (Å²) < 4.78 is 0. The van der Waals surface area contributed by atoms with Gasteiger partial charge in [0.05, 0.1) is 5.54 Å². The molecular formula is C11H17NOS. The Bertz CT molecular complexity index is 248. The van der Waals surface area contributed by atoms with Crippen LogP contribution in [0.4, 0.5) is 0 Å². The average Bonchev–Trinajstić information content (AvgIpc) is 2.17. The largest absolute Gasteiger partial charge is 0.235 e. The molecule has 0 amide bonds. The zero-order chi connectivity index (χ0) is 10.0. The number of aliphatic imine (C=N–C) groups is 1. The van der Waals surface area contributed by atoms with E-state index in [-0.39, 0.29) is 5.54 Å². The van der Waals surface area contributed by atoms with E-state index in [4.69, 9.17) is 0 Å². The number of hydrogen-bond donors (Lipinski definition) is 0. The van der Waals surface area contributed by atoms with Crippen LogP contribution < -0.4 is 0 Å². The summed E-state index contributed by atoms with van der Waals surface area (Å²) in [5.41, 5.74) is -0.00537. The van der Waals surface area contributed by atoms with Crippen LogP contribution in [-0.2, 0) is 4.79 Å². The number of rotatable bonds is 2. The first-order chi connectivity index (χ1) is 6.77. The number of carbonyl (C=O) groups excluding carboxylic acids is 1. The maximum atomic E-state index is 10.5. The topological polar surface area (TPSA) is 29.4 Å². The number of nitrogens with zero attached hydrogens (tertiary/aromatic N) is 1. The van der Waals surface area contributed by atoms with Crippen LogP contribution in [0.3, 0.4) is 0 Å². The fourth-order valence-electron chi connectivity index (χ4n) is 2.92. The highest BCUT2D eigenvalue weighted by molar-refractivity contribution is 7.99. The summed E-state index contributed by atoms with van der Waals surface area (Å²) in [5.74, 6) is 3.86. The summed E-state index contributed by atoms with van der Waals surface area (Å²) in [6.07, 6.45) is 6.55. The van der Waals surface area contributed by atoms with Crippen molar-refractivity contribution in [3.05, 3.63) is 0 Å². The molecule has 3 heteroatoms. The molecule has 0 aromatic heterocycles. The first-order valence-corrected chi connectivity index (χ1v) is 6.59. The van der Waals surface area contributed by atoms with E-state index in [1.54, 1.807) is 6.08 Å². The molecule has 1 heterocycles. The van der Waals surface area contributed by atoms with Crippen molar-refractivity contribution in [3.8, 4) is 0 Å². The maximum absolute atomic E-state index is 10.5. The van der Waals surface area contributed by atoms with E-state index >= 15 is 0 Å². The third kappa shape index (κ3) is 1.76. The second kappa shape index (κ2) is 4.08. The Morgan fingerprint density at radius 2 is 2.29 bits per heavy atom. The minimum Gasteiger partial charge on any atom is -0.211 e. The van der Waals surface area contributed by atoms with Gasteiger partial charge in [0.1, 0.15) is 0 Å². The number of isocyanates is 1. The van der Waals surface area contributed by atoms with Gasteiger partial charge in [-0.2, -0.15) is 16.8 Å². The highest BCUT2D eigenvalue weighted by Gasteiger charge is 2.48. The SMILES string of the molecule is CC1CC(N=C=O)(C2CCCSC2)C1. The lowest BCUT2D eigenvalue weighted by Gasteiger charge is -2.48. The molecule has 2 fully saturated rings. The average molecular weight is 211 g/mol. The summed E-state index contributed by atoms with van der Waals surface area (Å²) >= 11 is 2.02. The molecule has 0 spiro atoms. The molecule has 2 aliphatic rings. The molecule has 78 valence electrons. The van der Waals surface area contributed by atoms with E-state index < -0.39 is 0 Å². The van der Waals surface area contributed by atoms with E-state index in [1.165, 1.54) is 24.3 Å². The van der Waals surface area contributed by atoms with Crippen molar-refractivity contribution in [2.45, 2.75) is 38.1 Å². The Labute approximate surface area is 89.6 Å². The molecule has 1 atom stereocenters. The third-order valence-corrected chi connectivity index (χ3v) is 4.81. The van der Waals surface area contributed by atoms with Crippen LogP contribution in [-0.4, -0.2) is 23.1 Å². The van der Waals surface area contributed by atoms with Crippen LogP contribution in [0, 0.1) is 11.8 Å². The van der Waals surface area contributed by atoms with Crippen LogP contribution >= 0.6 is 11.8 Å². The van der Waals surface area contributed by atoms with Crippen LogP contribution in [0.5, 0.6) is 0 Å². The second-order valence-electron chi connectivity index (χ2n) is 4.73. The Balaban J connectivity index is 2.06. The molecule has 2 nitrogen and oxygen atoms in total. The first kappa shape index (κ1) is 10.3. The van der Waals surface area contributed by atoms with Gasteiger partial charge in [0, 0.05) is 0 Å². The summed E-state index contributed by atoms with van der Waals surface area (Å²) in [4.78, 5) is 14.6. The highest BCUT2D eigenvalue weighted by Crippen LogP contribution is 2.49. The first-order valence-electron chi connectivity index (χ1n) is 5.43. The van der Waals surface area contributed by atoms with Gasteiger partial charge in [-0.25, -0.2) is 4.79 Å². The molecule has 0 N–H and O–H groups in total. The van der Waals surface area contributed by atoms with Crippen molar-refractivity contribution in [2.75, 3.05) is 11.5 Å². The Morgan fingerprint density at radius 1 is 1.50 bits per heavy atom. The quantitative estimate of drug-likeness (QED) is 0.519. The standard InChI is InChI=1S/C11H17NOS/c1-9-5-11(6-9,12-8-13)10-3-2-4-14-7-10/h9-10H,2-7H2,1H3. The predicted octanol–water partition coefficient (Wildman–Crippen LogP) is 2.63. The predicted molar refractivity (Wildman–Crippen MR) is 59.3 cm³/mol. The molecule has 1 unspecified atom stereocenters. The molecular weight excluding hydrogens is 194 g/mol. The van der Waals surface area contributed by atoms with Crippen LogP contribution in [0.1, 0.15) is 32.6 Å². The fraction of sp³-hybridized carbons (Fsp3) is 0.909. The minimum atomic E-state index is -0.00537. The van der Waals surface area contributed by atoms with Gasteiger partial charge in [-0.15, -0.1) is 0 Å². The third-order valence-electron chi connectivity index (χ3n) is 3.59. The second-order valence-corrected chi connectivity index (χ2v) is 5.88. The van der Waals surface area contributed by atoms with Gasteiger partial charge in [-0.05, 0) is 49.0 Å². The van der Waals surface area contributed by atoms with Crippen LogP contribution in [0.15, 0.2) is 4.99 Å². The van der Waals surface area contributed by atoms with Gasteiger partial charge >= 0.3 is 0 Å². The van der Waals surface area contributed by atoms with E-state index in [9.17, 15) is 4.79 Å². The summed E-state index contributed by atoms with van der Waals surface area (Å²) in [5, 5.41) is 0. The van der Waals surface area contributed by atoms with E-state index in [1.807, 2.05) is 11.8 Å². The van der Waals surface area contributed by atoms with Crippen molar-refractivity contribution in [1.82, 2.24) is 0 Å². The van der Waals surface area contributed by atoms with E-state index in [0.29, 0.717) is 5.92 Å². The molecule has 0 bridgehead atoms. The zero-order valence-corrected chi connectivity index (χ0v) is 9.48. The van der Waals surface area contributed by atoms with Crippen LogP contribution in [0.2, 0.25) is 0 Å². The summed E-state index contributed by atoms with van der Waals surface area (Å²) in [6, 6.07) is 0. The van der Waals surface area contributed by atoms with Gasteiger partial charge < -0.3 is 0 Å². The number of thioether (sulfide) groups is 1. The maximum Gasteiger partial charge on any atom is 0.235 e. The van der Waals surface area contributed by atoms with E-state index in [0.717, 1.165) is 18.8 Å². The van der Waals surface area contributed by atoms with Crippen LogP contribution in [0.25, 0.3) is 0 Å². The van der Waals surface area contributed by atoms with E-state index in [2.05, 4.69) is 11.9 Å². The highest BCUT2D eigenvalue weighted by atomic mass is 32.2. The Kier molecular flexibility index (Phi) is 2.99. The normalized spacial score (nSPS) is 42.4. The van der Waals surface area contributed by atoms with Crippen molar-refractivity contribution in [3.63, 3.8) is 0 Å². The molecule has 1 aliphatic carbocycles. The molecule has 14 heavy (non-hydrogen) atoms. The van der Waals surface area contributed by atoms with Crippen molar-refractivity contribution in [2.24, 2.45) is 16.8 Å². The summed E-state index contributed by atoms with van der Waals surface area (Å²) in [6.45, 7) is 2.24. The molecule has 1 saturated heterocycles. The molecule has 0 aromatic rings. The van der Waals surface area contributed by atoms with Gasteiger partial charge in [-0.1, -0.05) is 6.92 Å². The summed E-state index contributed by atoms with van der Waals surface area (Å²) in [7, 11) is 0. The lowest BCUT2D eigenvalue weighted by Crippen LogP contribution is -2.49. The fourth-order valence-corrected chi connectivity index (χ4v) is 4.22. The smallest absolute Gasteiger partial charge is 0.211 e. The van der Waals surface area contributed by atoms with Gasteiger partial charge in [-0.3, -0.25) is 0 Å². The Hall–Kier alpha value is -0.270. The van der Waals surface area contributed by atoms with Gasteiger partial charge in [0.2, 0.25) is 6.08 Å².